The van der Waals surface area contributed by atoms with E-state index in [9.17, 15) is 12.8 Å². The quantitative estimate of drug-likeness (QED) is 0.436. The minimum atomic E-state index is -3.77. The average molecular weight is 486 g/mol. The fraction of sp³-hybridized carbons (Fsp3) is 0.174. The Hall–Kier alpha value is -3.21. The first-order valence-corrected chi connectivity index (χ1v) is 12.4. The van der Waals surface area contributed by atoms with Crippen molar-refractivity contribution in [2.75, 3.05) is 6.79 Å². The Morgan fingerprint density at radius 2 is 1.88 bits per heavy atom. The van der Waals surface area contributed by atoms with Crippen LogP contribution in [0.15, 0.2) is 58.8 Å². The number of ether oxygens (including phenoxy) is 2. The Labute approximate surface area is 194 Å². The zero-order chi connectivity index (χ0) is 23.2. The number of nitrogens with one attached hydrogen (secondary N) is 1. The molecule has 1 N–H and O–H groups in total. The molecule has 3 heterocycles. The van der Waals surface area contributed by atoms with Crippen LogP contribution in [-0.4, -0.2) is 24.8 Å². The molecule has 0 spiro atoms. The van der Waals surface area contributed by atoms with Gasteiger partial charge in [-0.25, -0.2) is 22.5 Å². The van der Waals surface area contributed by atoms with Gasteiger partial charge in [0.2, 0.25) is 16.8 Å². The zero-order valence-corrected chi connectivity index (χ0v) is 19.5. The number of halogens is 1. The maximum absolute atomic E-state index is 13.2. The number of rotatable bonds is 6. The van der Waals surface area contributed by atoms with Crippen LogP contribution in [0.3, 0.4) is 0 Å². The predicted molar refractivity (Wildman–Crippen MR) is 123 cm³/mol. The summed E-state index contributed by atoms with van der Waals surface area (Å²) in [7, 11) is -1.96. The summed E-state index contributed by atoms with van der Waals surface area (Å²) in [6.45, 7) is 2.04. The summed E-state index contributed by atoms with van der Waals surface area (Å²) >= 11 is 1.40. The third kappa shape index (κ3) is 4.12. The topological polar surface area (TPSA) is 82.5 Å². The monoisotopic (exact) mass is 485 g/mol. The van der Waals surface area contributed by atoms with E-state index in [1.807, 2.05) is 9.95 Å². The van der Waals surface area contributed by atoms with Gasteiger partial charge >= 0.3 is 0 Å². The maximum atomic E-state index is 13.2. The summed E-state index contributed by atoms with van der Waals surface area (Å²) in [5.41, 5.74) is 3.55. The smallest absolute Gasteiger partial charge is 0.242 e. The van der Waals surface area contributed by atoms with Crippen molar-refractivity contribution < 1.29 is 22.3 Å². The molecule has 1 aliphatic heterocycles. The number of hydrogen-bond donors (Lipinski definition) is 1. The predicted octanol–water partition coefficient (Wildman–Crippen LogP) is 4.47. The van der Waals surface area contributed by atoms with Gasteiger partial charge in [-0.05, 0) is 55.0 Å². The largest absolute Gasteiger partial charge is 0.454 e. The lowest BCUT2D eigenvalue weighted by molar-refractivity contribution is 0.174. The highest BCUT2D eigenvalue weighted by Crippen LogP contribution is 2.34. The second-order valence-electron chi connectivity index (χ2n) is 7.60. The molecule has 0 atom stereocenters. The number of hydrogen-bond acceptors (Lipinski definition) is 6. The highest BCUT2D eigenvalue weighted by Gasteiger charge is 2.24. The van der Waals surface area contributed by atoms with Crippen LogP contribution in [-0.2, 0) is 23.6 Å². The first-order chi connectivity index (χ1) is 15.8. The standard InChI is InChI=1S/C23H20FN3O4S2/c1-14-22(33(28,29)25-11-15-3-8-20-21(9-15)31-13-30-20)10-19(27(14)2)23-26-18(12-32-23)16-4-6-17(24)7-5-16/h3-10,12,25H,11,13H2,1-2H3. The van der Waals surface area contributed by atoms with E-state index in [0.717, 1.165) is 11.1 Å². The Bertz CT molecular complexity index is 1440. The van der Waals surface area contributed by atoms with Gasteiger partial charge < -0.3 is 14.0 Å². The second-order valence-corrected chi connectivity index (χ2v) is 10.2. The molecule has 0 bridgehead atoms. The zero-order valence-electron chi connectivity index (χ0n) is 17.8. The first-order valence-electron chi connectivity index (χ1n) is 10.1. The Morgan fingerprint density at radius 1 is 1.12 bits per heavy atom. The van der Waals surface area contributed by atoms with E-state index in [4.69, 9.17) is 9.47 Å². The van der Waals surface area contributed by atoms with Crippen LogP contribution < -0.4 is 14.2 Å². The van der Waals surface area contributed by atoms with Crippen LogP contribution >= 0.6 is 11.3 Å². The first kappa shape index (κ1) is 21.6. The van der Waals surface area contributed by atoms with Crippen molar-refractivity contribution in [1.82, 2.24) is 14.3 Å². The normalized spacial score (nSPS) is 12.9. The van der Waals surface area contributed by atoms with Gasteiger partial charge in [-0.3, -0.25) is 0 Å². The summed E-state index contributed by atoms with van der Waals surface area (Å²) in [6.07, 6.45) is 0. The molecule has 0 fully saturated rings. The van der Waals surface area contributed by atoms with Gasteiger partial charge in [0.15, 0.2) is 11.5 Å². The lowest BCUT2D eigenvalue weighted by Crippen LogP contribution is -2.23. The second kappa shape index (κ2) is 8.29. The summed E-state index contributed by atoms with van der Waals surface area (Å²) < 4.78 is 54.5. The number of nitrogens with zero attached hydrogens (tertiary/aromatic N) is 2. The fourth-order valence-electron chi connectivity index (χ4n) is 3.60. The molecule has 0 aliphatic carbocycles. The van der Waals surface area contributed by atoms with E-state index in [1.165, 1.54) is 23.5 Å². The molecule has 0 saturated carbocycles. The number of sulfonamides is 1. The van der Waals surface area contributed by atoms with E-state index in [-0.39, 0.29) is 24.1 Å². The molecule has 0 unspecified atom stereocenters. The lowest BCUT2D eigenvalue weighted by atomic mass is 10.2. The highest BCUT2D eigenvalue weighted by atomic mass is 32.2. The average Bonchev–Trinajstić information content (AvgIpc) is 3.53. The van der Waals surface area contributed by atoms with Gasteiger partial charge in [0, 0.05) is 30.2 Å². The molecule has 4 aromatic rings. The third-order valence-corrected chi connectivity index (χ3v) is 7.93. The molecule has 10 heteroatoms. The molecule has 2 aromatic carbocycles. The van der Waals surface area contributed by atoms with E-state index in [2.05, 4.69) is 9.71 Å². The third-order valence-electron chi connectivity index (χ3n) is 5.54. The van der Waals surface area contributed by atoms with Gasteiger partial charge in [0.25, 0.3) is 0 Å². The van der Waals surface area contributed by atoms with E-state index in [1.54, 1.807) is 50.4 Å². The van der Waals surface area contributed by atoms with Gasteiger partial charge in [0.1, 0.15) is 15.7 Å². The van der Waals surface area contributed by atoms with Crippen molar-refractivity contribution in [2.24, 2.45) is 7.05 Å². The van der Waals surface area contributed by atoms with E-state index in [0.29, 0.717) is 33.6 Å². The van der Waals surface area contributed by atoms with Crippen molar-refractivity contribution in [3.63, 3.8) is 0 Å². The molecule has 170 valence electrons. The molecule has 0 saturated heterocycles. The van der Waals surface area contributed by atoms with Gasteiger partial charge in [-0.2, -0.15) is 0 Å². The number of thiazole rings is 1. The molecule has 0 amide bonds. The van der Waals surface area contributed by atoms with Crippen molar-refractivity contribution in [3.05, 3.63) is 71.0 Å². The highest BCUT2D eigenvalue weighted by molar-refractivity contribution is 7.89. The SMILES string of the molecule is Cc1c(S(=O)(=O)NCc2ccc3c(c2)OCO3)cc(-c2nc(-c3ccc(F)cc3)cs2)n1C. The van der Waals surface area contributed by atoms with Crippen LogP contribution in [0.25, 0.3) is 22.0 Å². The Balaban J connectivity index is 1.39. The summed E-state index contributed by atoms with van der Waals surface area (Å²) in [4.78, 5) is 4.83. The molecule has 2 aromatic heterocycles. The van der Waals surface area contributed by atoms with Crippen molar-refractivity contribution >= 4 is 21.4 Å². The van der Waals surface area contributed by atoms with Crippen LogP contribution in [0.2, 0.25) is 0 Å². The number of fused-ring (bicyclic) bond motifs is 1. The molecule has 0 radical (unpaired) electrons. The van der Waals surface area contributed by atoms with Gasteiger partial charge in [-0.15, -0.1) is 11.3 Å². The summed E-state index contributed by atoms with van der Waals surface area (Å²) in [5, 5.41) is 2.55. The molecule has 1 aliphatic rings. The van der Waals surface area contributed by atoms with Gasteiger partial charge in [0.05, 0.1) is 11.4 Å². The summed E-state index contributed by atoms with van der Waals surface area (Å²) in [5.74, 6) is 0.939. The van der Waals surface area contributed by atoms with Crippen LogP contribution in [0.5, 0.6) is 11.5 Å². The van der Waals surface area contributed by atoms with Gasteiger partial charge in [-0.1, -0.05) is 6.07 Å². The van der Waals surface area contributed by atoms with E-state index < -0.39 is 10.0 Å². The maximum Gasteiger partial charge on any atom is 0.242 e. The van der Waals surface area contributed by atoms with Crippen LogP contribution in [0.4, 0.5) is 4.39 Å². The lowest BCUT2D eigenvalue weighted by Gasteiger charge is -2.08. The van der Waals surface area contributed by atoms with Crippen LogP contribution in [0.1, 0.15) is 11.3 Å². The van der Waals surface area contributed by atoms with Crippen molar-refractivity contribution in [1.29, 1.82) is 0 Å². The van der Waals surface area contributed by atoms with Crippen molar-refractivity contribution in [2.45, 2.75) is 18.4 Å². The minimum Gasteiger partial charge on any atom is -0.454 e. The number of aromatic nitrogens is 2. The molecule has 7 nitrogen and oxygen atoms in total. The minimum absolute atomic E-state index is 0.120. The van der Waals surface area contributed by atoms with E-state index >= 15 is 0 Å². The fourth-order valence-corrected chi connectivity index (χ4v) is 5.78. The number of benzene rings is 2. The van der Waals surface area contributed by atoms with Crippen LogP contribution in [0, 0.1) is 12.7 Å². The molecule has 33 heavy (non-hydrogen) atoms. The summed E-state index contributed by atoms with van der Waals surface area (Å²) in [6, 6.07) is 13.1. The Morgan fingerprint density at radius 3 is 2.67 bits per heavy atom. The van der Waals surface area contributed by atoms with Crippen molar-refractivity contribution in [3.8, 4) is 33.5 Å². The molecular formula is C23H20FN3O4S2. The molecule has 5 rings (SSSR count). The Kier molecular flexibility index (Phi) is 5.43. The molecular weight excluding hydrogens is 465 g/mol.